The predicted octanol–water partition coefficient (Wildman–Crippen LogP) is 1.17. The molecule has 0 aromatic carbocycles. The summed E-state index contributed by atoms with van der Waals surface area (Å²) in [6.45, 7) is 3.12. The van der Waals surface area contributed by atoms with Crippen molar-refractivity contribution in [2.24, 2.45) is 0 Å². The fourth-order valence-electron chi connectivity index (χ4n) is 2.22. The Morgan fingerprint density at radius 1 is 1.50 bits per heavy atom. The zero-order chi connectivity index (χ0) is 12.0. The molecule has 1 aliphatic rings. The van der Waals surface area contributed by atoms with Gasteiger partial charge in [0.05, 0.1) is 18.8 Å². The van der Waals surface area contributed by atoms with E-state index in [1.165, 1.54) is 0 Å². The Labute approximate surface area is 97.6 Å². The van der Waals surface area contributed by atoms with E-state index < -0.39 is 0 Å². The Morgan fingerprint density at radius 2 is 2.25 bits per heavy atom. The van der Waals surface area contributed by atoms with Crippen LogP contribution in [0.25, 0.3) is 0 Å². The molecule has 1 heterocycles. The average Bonchev–Trinajstić information content (AvgIpc) is 2.60. The number of carbonyl (C=O) groups is 1. The minimum Gasteiger partial charge on any atom is -0.391 e. The van der Waals surface area contributed by atoms with Gasteiger partial charge >= 0.3 is 0 Å². The first-order valence-electron chi connectivity index (χ1n) is 6.15. The van der Waals surface area contributed by atoms with Gasteiger partial charge in [-0.25, -0.2) is 0 Å². The first-order valence-corrected chi connectivity index (χ1v) is 6.15. The second kappa shape index (κ2) is 6.86. The quantitative estimate of drug-likeness (QED) is 0.696. The normalized spacial score (nSPS) is 25.1. The van der Waals surface area contributed by atoms with Crippen LogP contribution in [0.1, 0.15) is 39.0 Å². The smallest absolute Gasteiger partial charge is 0.222 e. The molecule has 0 radical (unpaired) electrons. The molecule has 4 heteroatoms. The van der Waals surface area contributed by atoms with Crippen LogP contribution in [-0.2, 0) is 9.53 Å². The van der Waals surface area contributed by atoms with E-state index in [-0.39, 0.29) is 18.1 Å². The van der Waals surface area contributed by atoms with E-state index in [1.54, 1.807) is 12.0 Å². The fraction of sp³-hybridized carbons (Fsp3) is 0.917. The lowest BCUT2D eigenvalue weighted by Gasteiger charge is -2.23. The summed E-state index contributed by atoms with van der Waals surface area (Å²) < 4.78 is 5.08. The van der Waals surface area contributed by atoms with Crippen molar-refractivity contribution in [1.82, 2.24) is 4.90 Å². The molecule has 0 aliphatic carbocycles. The first kappa shape index (κ1) is 13.5. The van der Waals surface area contributed by atoms with Crippen molar-refractivity contribution in [3.05, 3.63) is 0 Å². The Hall–Kier alpha value is -0.610. The van der Waals surface area contributed by atoms with Crippen LogP contribution in [0.2, 0.25) is 0 Å². The van der Waals surface area contributed by atoms with Crippen LogP contribution < -0.4 is 0 Å². The lowest BCUT2D eigenvalue weighted by Crippen LogP contribution is -2.38. The molecule has 1 saturated heterocycles. The van der Waals surface area contributed by atoms with Crippen molar-refractivity contribution in [3.8, 4) is 0 Å². The summed E-state index contributed by atoms with van der Waals surface area (Å²) in [4.78, 5) is 13.7. The summed E-state index contributed by atoms with van der Waals surface area (Å²) in [7, 11) is 1.63. The summed E-state index contributed by atoms with van der Waals surface area (Å²) in [5.41, 5.74) is 0. The molecule has 1 amide bonds. The number of unbranched alkanes of at least 4 members (excludes halogenated alkanes) is 2. The van der Waals surface area contributed by atoms with Gasteiger partial charge < -0.3 is 14.7 Å². The van der Waals surface area contributed by atoms with E-state index in [4.69, 9.17) is 4.74 Å². The van der Waals surface area contributed by atoms with Gasteiger partial charge in [-0.15, -0.1) is 0 Å². The summed E-state index contributed by atoms with van der Waals surface area (Å²) in [5.74, 6) is 0.159. The standard InChI is InChI=1S/C12H23NO3/c1-3-4-5-6-12(15)13-8-11(14)7-10(13)9-16-2/h10-11,14H,3-9H2,1-2H3/t10-,11+/m0/s1. The molecule has 1 fully saturated rings. The van der Waals surface area contributed by atoms with E-state index in [9.17, 15) is 9.90 Å². The van der Waals surface area contributed by atoms with Crippen molar-refractivity contribution in [2.75, 3.05) is 20.3 Å². The minimum absolute atomic E-state index is 0.0640. The molecule has 0 unspecified atom stereocenters. The van der Waals surface area contributed by atoms with Gasteiger partial charge in [0.1, 0.15) is 0 Å². The number of likely N-dealkylation sites (tertiary alicyclic amines) is 1. The summed E-state index contributed by atoms with van der Waals surface area (Å²) >= 11 is 0. The number of ether oxygens (including phenoxy) is 1. The molecule has 0 spiro atoms. The molecule has 0 saturated carbocycles. The highest BCUT2D eigenvalue weighted by molar-refractivity contribution is 5.76. The van der Waals surface area contributed by atoms with Crippen LogP contribution in [-0.4, -0.2) is 48.3 Å². The zero-order valence-corrected chi connectivity index (χ0v) is 10.3. The van der Waals surface area contributed by atoms with Crippen molar-refractivity contribution in [2.45, 2.75) is 51.2 Å². The maximum absolute atomic E-state index is 11.9. The van der Waals surface area contributed by atoms with Crippen LogP contribution in [0.4, 0.5) is 0 Å². The van der Waals surface area contributed by atoms with Gasteiger partial charge in [-0.2, -0.15) is 0 Å². The number of β-amino-alcohol motifs (C(OH)–C–C–N with tert-alkyl or cyclic N) is 1. The Morgan fingerprint density at radius 3 is 2.88 bits per heavy atom. The van der Waals surface area contributed by atoms with Gasteiger partial charge in [0.2, 0.25) is 5.91 Å². The van der Waals surface area contributed by atoms with E-state index in [2.05, 4.69) is 6.92 Å². The van der Waals surface area contributed by atoms with Crippen LogP contribution >= 0.6 is 0 Å². The second-order valence-corrected chi connectivity index (χ2v) is 4.50. The lowest BCUT2D eigenvalue weighted by atomic mass is 10.1. The molecule has 0 bridgehead atoms. The number of carbonyl (C=O) groups excluding carboxylic acids is 1. The van der Waals surface area contributed by atoms with E-state index in [0.717, 1.165) is 19.3 Å². The summed E-state index contributed by atoms with van der Waals surface area (Å²) in [6.07, 6.45) is 4.03. The highest BCUT2D eigenvalue weighted by Gasteiger charge is 2.33. The number of hydrogen-bond donors (Lipinski definition) is 1. The molecular formula is C12H23NO3. The lowest BCUT2D eigenvalue weighted by molar-refractivity contribution is -0.133. The van der Waals surface area contributed by atoms with Crippen molar-refractivity contribution < 1.29 is 14.6 Å². The number of hydrogen-bond acceptors (Lipinski definition) is 3. The van der Waals surface area contributed by atoms with Crippen LogP contribution in [0.15, 0.2) is 0 Å². The molecular weight excluding hydrogens is 206 g/mol. The Balaban J connectivity index is 2.40. The highest BCUT2D eigenvalue weighted by atomic mass is 16.5. The van der Waals surface area contributed by atoms with Gasteiger partial charge in [-0.1, -0.05) is 19.8 Å². The molecule has 94 valence electrons. The first-order chi connectivity index (χ1) is 7.69. The number of nitrogens with zero attached hydrogens (tertiary/aromatic N) is 1. The molecule has 4 nitrogen and oxygen atoms in total. The zero-order valence-electron chi connectivity index (χ0n) is 10.3. The topological polar surface area (TPSA) is 49.8 Å². The Kier molecular flexibility index (Phi) is 5.77. The van der Waals surface area contributed by atoms with Gasteiger partial charge in [-0.05, 0) is 12.8 Å². The highest BCUT2D eigenvalue weighted by Crippen LogP contribution is 2.19. The van der Waals surface area contributed by atoms with Gasteiger partial charge in [0.15, 0.2) is 0 Å². The van der Waals surface area contributed by atoms with Crippen molar-refractivity contribution >= 4 is 5.91 Å². The van der Waals surface area contributed by atoms with E-state index in [1.807, 2.05) is 0 Å². The SMILES string of the molecule is CCCCCC(=O)N1C[C@H](O)C[C@H]1COC. The van der Waals surface area contributed by atoms with Crippen molar-refractivity contribution in [3.63, 3.8) is 0 Å². The van der Waals surface area contributed by atoms with Crippen LogP contribution in [0.3, 0.4) is 0 Å². The molecule has 0 aromatic heterocycles. The maximum atomic E-state index is 11.9. The molecule has 1 aliphatic heterocycles. The average molecular weight is 229 g/mol. The van der Waals surface area contributed by atoms with E-state index in [0.29, 0.717) is 26.0 Å². The van der Waals surface area contributed by atoms with Crippen LogP contribution in [0, 0.1) is 0 Å². The fourth-order valence-corrected chi connectivity index (χ4v) is 2.22. The predicted molar refractivity (Wildman–Crippen MR) is 62.1 cm³/mol. The number of methoxy groups -OCH3 is 1. The Bertz CT molecular complexity index is 220. The van der Waals surface area contributed by atoms with Crippen molar-refractivity contribution in [1.29, 1.82) is 0 Å². The number of aliphatic hydroxyl groups is 1. The van der Waals surface area contributed by atoms with Gasteiger partial charge in [0, 0.05) is 20.1 Å². The third-order valence-corrected chi connectivity index (χ3v) is 3.07. The molecule has 0 aromatic rings. The monoisotopic (exact) mass is 229 g/mol. The second-order valence-electron chi connectivity index (χ2n) is 4.50. The molecule has 1 rings (SSSR count). The minimum atomic E-state index is -0.379. The molecule has 1 N–H and O–H groups in total. The van der Waals surface area contributed by atoms with Gasteiger partial charge in [-0.3, -0.25) is 4.79 Å². The molecule has 16 heavy (non-hydrogen) atoms. The van der Waals surface area contributed by atoms with Gasteiger partial charge in [0.25, 0.3) is 0 Å². The number of amides is 1. The third kappa shape index (κ3) is 3.76. The van der Waals surface area contributed by atoms with Crippen LogP contribution in [0.5, 0.6) is 0 Å². The largest absolute Gasteiger partial charge is 0.391 e. The maximum Gasteiger partial charge on any atom is 0.222 e. The number of aliphatic hydroxyl groups excluding tert-OH is 1. The summed E-state index contributed by atoms with van der Waals surface area (Å²) in [6, 6.07) is 0.0640. The number of rotatable bonds is 6. The van der Waals surface area contributed by atoms with E-state index >= 15 is 0 Å². The third-order valence-electron chi connectivity index (χ3n) is 3.07. The summed E-state index contributed by atoms with van der Waals surface area (Å²) in [5, 5.41) is 9.57. The molecule has 2 atom stereocenters.